The number of hydrogen-bond acceptors (Lipinski definition) is 6. The van der Waals surface area contributed by atoms with Crippen molar-refractivity contribution in [2.75, 3.05) is 66.1 Å². The first-order valence-electron chi connectivity index (χ1n) is 12.4. The Morgan fingerprint density at radius 3 is 1.13 bits per heavy atom. The van der Waals surface area contributed by atoms with Crippen molar-refractivity contribution in [3.05, 3.63) is 0 Å². The molecule has 0 saturated heterocycles. The molecule has 2 N–H and O–H groups in total. The van der Waals surface area contributed by atoms with Crippen LogP contribution in [0.15, 0.2) is 0 Å². The minimum atomic E-state index is 0.0413. The highest BCUT2D eigenvalue weighted by molar-refractivity contribution is 4.47. The Morgan fingerprint density at radius 2 is 0.700 bits per heavy atom. The van der Waals surface area contributed by atoms with E-state index in [9.17, 15) is 0 Å². The van der Waals surface area contributed by atoms with Gasteiger partial charge in [-0.2, -0.15) is 0 Å². The number of aliphatic hydroxyl groups is 2. The Bertz CT molecular complexity index is 242. The molecule has 0 aromatic rings. The zero-order chi connectivity index (χ0) is 22.4. The SMILES string of the molecule is CCCCCCCCCCCCOCCCC.OCCOCCOCCOCCO. The molecule has 0 unspecified atom stereocenters. The number of hydrogen-bond donors (Lipinski definition) is 2. The first-order valence-corrected chi connectivity index (χ1v) is 12.4. The van der Waals surface area contributed by atoms with Gasteiger partial charge >= 0.3 is 0 Å². The standard InChI is InChI=1S/C16H34O.C8H18O5/c1-3-5-7-8-9-10-11-12-13-14-16-17-15-6-4-2;9-1-3-11-5-7-13-8-6-12-4-2-10/h3-16H2,1-2H3;9-10H,1-8H2. The summed E-state index contributed by atoms with van der Waals surface area (Å²) in [5.41, 5.74) is 0. The molecule has 0 fully saturated rings. The van der Waals surface area contributed by atoms with E-state index in [0.29, 0.717) is 39.6 Å². The second-order valence-corrected chi connectivity index (χ2v) is 7.43. The molecule has 6 heteroatoms. The molecule has 184 valence electrons. The first kappa shape index (κ1) is 31.9. The molecule has 0 aliphatic heterocycles. The fraction of sp³-hybridized carbons (Fsp3) is 1.00. The van der Waals surface area contributed by atoms with Gasteiger partial charge in [-0.05, 0) is 12.8 Å². The van der Waals surface area contributed by atoms with Crippen LogP contribution >= 0.6 is 0 Å². The Morgan fingerprint density at radius 1 is 0.367 bits per heavy atom. The van der Waals surface area contributed by atoms with E-state index in [0.717, 1.165) is 13.2 Å². The van der Waals surface area contributed by atoms with Gasteiger partial charge in [0.15, 0.2) is 0 Å². The molecule has 0 aliphatic carbocycles. The van der Waals surface area contributed by atoms with Crippen molar-refractivity contribution < 1.29 is 29.2 Å². The third-order valence-electron chi connectivity index (χ3n) is 4.50. The van der Waals surface area contributed by atoms with Gasteiger partial charge in [-0.1, -0.05) is 78.1 Å². The Hall–Kier alpha value is -0.240. The summed E-state index contributed by atoms with van der Waals surface area (Å²) in [6.45, 7) is 9.21. The van der Waals surface area contributed by atoms with Gasteiger partial charge in [0.2, 0.25) is 0 Å². The molecule has 6 nitrogen and oxygen atoms in total. The van der Waals surface area contributed by atoms with Gasteiger partial charge in [-0.3, -0.25) is 0 Å². The zero-order valence-electron chi connectivity index (χ0n) is 20.1. The van der Waals surface area contributed by atoms with Crippen LogP contribution in [0.5, 0.6) is 0 Å². The highest BCUT2D eigenvalue weighted by Gasteiger charge is 1.93. The summed E-state index contributed by atoms with van der Waals surface area (Å²) >= 11 is 0. The molecule has 0 amide bonds. The Kier molecular flexibility index (Phi) is 35.6. The van der Waals surface area contributed by atoms with E-state index in [4.69, 9.17) is 29.2 Å². The van der Waals surface area contributed by atoms with Gasteiger partial charge in [0.05, 0.1) is 52.9 Å². The monoisotopic (exact) mass is 436 g/mol. The lowest BCUT2D eigenvalue weighted by Gasteiger charge is -2.04. The van der Waals surface area contributed by atoms with Crippen molar-refractivity contribution in [3.63, 3.8) is 0 Å². The smallest absolute Gasteiger partial charge is 0.0701 e. The van der Waals surface area contributed by atoms with Crippen LogP contribution < -0.4 is 0 Å². The van der Waals surface area contributed by atoms with Crippen LogP contribution in [-0.4, -0.2) is 76.3 Å². The summed E-state index contributed by atoms with van der Waals surface area (Å²) in [4.78, 5) is 0. The van der Waals surface area contributed by atoms with Crippen molar-refractivity contribution in [1.82, 2.24) is 0 Å². The van der Waals surface area contributed by atoms with Crippen LogP contribution in [0.4, 0.5) is 0 Å². The average Bonchev–Trinajstić information content (AvgIpc) is 2.76. The van der Waals surface area contributed by atoms with E-state index in [1.165, 1.54) is 77.0 Å². The normalized spacial score (nSPS) is 10.8. The van der Waals surface area contributed by atoms with E-state index < -0.39 is 0 Å². The molecule has 0 saturated carbocycles. The maximum Gasteiger partial charge on any atom is 0.0701 e. The molecular weight excluding hydrogens is 384 g/mol. The van der Waals surface area contributed by atoms with Crippen LogP contribution in [0.3, 0.4) is 0 Å². The largest absolute Gasteiger partial charge is 0.394 e. The van der Waals surface area contributed by atoms with Gasteiger partial charge in [0, 0.05) is 13.2 Å². The van der Waals surface area contributed by atoms with Crippen LogP contribution in [0.2, 0.25) is 0 Å². The Balaban J connectivity index is 0. The maximum atomic E-state index is 8.36. The third-order valence-corrected chi connectivity index (χ3v) is 4.50. The van der Waals surface area contributed by atoms with Crippen molar-refractivity contribution in [1.29, 1.82) is 0 Å². The molecule has 0 aliphatic rings. The maximum absolute atomic E-state index is 8.36. The van der Waals surface area contributed by atoms with E-state index >= 15 is 0 Å². The summed E-state index contributed by atoms with van der Waals surface area (Å²) < 4.78 is 20.6. The highest BCUT2D eigenvalue weighted by atomic mass is 16.5. The highest BCUT2D eigenvalue weighted by Crippen LogP contribution is 2.10. The lowest BCUT2D eigenvalue weighted by molar-refractivity contribution is 0.00230. The summed E-state index contributed by atoms with van der Waals surface area (Å²) in [6, 6.07) is 0. The van der Waals surface area contributed by atoms with E-state index in [1.54, 1.807) is 0 Å². The second kappa shape index (κ2) is 33.4. The first-order chi connectivity index (χ1) is 14.8. The molecule has 0 spiro atoms. The van der Waals surface area contributed by atoms with Gasteiger partial charge < -0.3 is 29.2 Å². The van der Waals surface area contributed by atoms with E-state index in [-0.39, 0.29) is 13.2 Å². The van der Waals surface area contributed by atoms with Gasteiger partial charge in [0.1, 0.15) is 0 Å². The van der Waals surface area contributed by atoms with Crippen LogP contribution in [0.1, 0.15) is 90.9 Å². The van der Waals surface area contributed by atoms with E-state index in [2.05, 4.69) is 13.8 Å². The van der Waals surface area contributed by atoms with Crippen LogP contribution in [0.25, 0.3) is 0 Å². The molecule has 0 aromatic carbocycles. The zero-order valence-corrected chi connectivity index (χ0v) is 20.1. The molecule has 0 radical (unpaired) electrons. The number of rotatable bonds is 24. The predicted octanol–water partition coefficient (Wildman–Crippen LogP) is 4.74. The molecule has 30 heavy (non-hydrogen) atoms. The minimum Gasteiger partial charge on any atom is -0.394 e. The lowest BCUT2D eigenvalue weighted by Crippen LogP contribution is -2.11. The van der Waals surface area contributed by atoms with Crippen LogP contribution in [-0.2, 0) is 18.9 Å². The van der Waals surface area contributed by atoms with Crippen molar-refractivity contribution in [2.24, 2.45) is 0 Å². The molecule has 0 aromatic heterocycles. The van der Waals surface area contributed by atoms with Gasteiger partial charge in [0.25, 0.3) is 0 Å². The third kappa shape index (κ3) is 35.2. The molecule has 0 rings (SSSR count). The fourth-order valence-corrected chi connectivity index (χ4v) is 2.71. The molecule has 0 bridgehead atoms. The summed E-state index contributed by atoms with van der Waals surface area (Å²) in [5, 5.41) is 16.7. The number of ether oxygens (including phenoxy) is 4. The van der Waals surface area contributed by atoms with Crippen molar-refractivity contribution in [2.45, 2.75) is 90.9 Å². The summed E-state index contributed by atoms with van der Waals surface area (Å²) in [5.74, 6) is 0. The predicted molar refractivity (Wildman–Crippen MR) is 124 cm³/mol. The molecule has 0 heterocycles. The second-order valence-electron chi connectivity index (χ2n) is 7.43. The average molecular weight is 437 g/mol. The topological polar surface area (TPSA) is 77.4 Å². The quantitative estimate of drug-likeness (QED) is 0.213. The lowest BCUT2D eigenvalue weighted by atomic mass is 10.1. The molecule has 0 atom stereocenters. The number of unbranched alkanes of at least 4 members (excludes halogenated alkanes) is 10. The Labute approximate surface area is 186 Å². The van der Waals surface area contributed by atoms with Gasteiger partial charge in [-0.15, -0.1) is 0 Å². The fourth-order valence-electron chi connectivity index (χ4n) is 2.71. The molecular formula is C24H52O6. The van der Waals surface area contributed by atoms with Crippen molar-refractivity contribution >= 4 is 0 Å². The summed E-state index contributed by atoms with van der Waals surface area (Å²) in [6.07, 6.45) is 16.5. The van der Waals surface area contributed by atoms with Crippen molar-refractivity contribution in [3.8, 4) is 0 Å². The number of aliphatic hydroxyl groups excluding tert-OH is 2. The summed E-state index contributed by atoms with van der Waals surface area (Å²) in [7, 11) is 0. The minimum absolute atomic E-state index is 0.0413. The van der Waals surface area contributed by atoms with E-state index in [1.807, 2.05) is 0 Å². The van der Waals surface area contributed by atoms with Crippen LogP contribution in [0, 0.1) is 0 Å². The van der Waals surface area contributed by atoms with Gasteiger partial charge in [-0.25, -0.2) is 0 Å².